The van der Waals surface area contributed by atoms with Gasteiger partial charge in [0.15, 0.2) is 0 Å². The smallest absolute Gasteiger partial charge is 0.368 e. The van der Waals surface area contributed by atoms with Crippen LogP contribution in [0.4, 0.5) is 0 Å². The van der Waals surface area contributed by atoms with E-state index in [1.165, 1.54) is 64.2 Å². The summed E-state index contributed by atoms with van der Waals surface area (Å²) < 4.78 is 0. The molecule has 136 valence electrons. The Hall–Kier alpha value is -0.870. The van der Waals surface area contributed by atoms with Crippen molar-refractivity contribution in [1.82, 2.24) is 0 Å². The predicted octanol–water partition coefficient (Wildman–Crippen LogP) is 4.79. The van der Waals surface area contributed by atoms with Gasteiger partial charge in [0.2, 0.25) is 0 Å². The molecule has 0 saturated heterocycles. The van der Waals surface area contributed by atoms with Crippen molar-refractivity contribution in [3.63, 3.8) is 0 Å². The molecule has 0 radical (unpaired) electrons. The van der Waals surface area contributed by atoms with E-state index in [1.54, 1.807) is 0 Å². The second kappa shape index (κ2) is 13.6. The molecule has 0 aliphatic carbocycles. The van der Waals surface area contributed by atoms with E-state index in [0.717, 1.165) is 19.3 Å². The Morgan fingerprint density at radius 3 is 1.48 bits per heavy atom. The van der Waals surface area contributed by atoms with Crippen molar-refractivity contribution in [2.45, 2.75) is 103 Å². The monoisotopic (exact) mass is 328 g/mol. The van der Waals surface area contributed by atoms with Crippen molar-refractivity contribution in [3.8, 4) is 0 Å². The molecular weight excluding hydrogens is 292 g/mol. The maximum Gasteiger partial charge on any atom is 0.368 e. The van der Waals surface area contributed by atoms with Crippen LogP contribution in [0, 0.1) is 0 Å². The number of rotatable bonds is 16. The third-order valence-electron chi connectivity index (χ3n) is 4.37. The fraction of sp³-hybridized carbons (Fsp3) is 0.842. The van der Waals surface area contributed by atoms with Crippen LogP contribution in [-0.4, -0.2) is 27.1 Å². The first-order valence-electron chi connectivity index (χ1n) is 9.29. The van der Waals surface area contributed by atoms with Gasteiger partial charge in [-0.05, 0) is 18.4 Å². The van der Waals surface area contributed by atoms with E-state index in [-0.39, 0.29) is 5.57 Å². The third kappa shape index (κ3) is 11.3. The molecule has 0 aliphatic rings. The fourth-order valence-electron chi connectivity index (χ4n) is 2.68. The molecule has 0 bridgehead atoms. The highest BCUT2D eigenvalue weighted by Gasteiger charge is 2.35. The lowest BCUT2D eigenvalue weighted by atomic mass is 10.00. The van der Waals surface area contributed by atoms with Gasteiger partial charge in [0.05, 0.1) is 0 Å². The van der Waals surface area contributed by atoms with Gasteiger partial charge in [-0.3, -0.25) is 0 Å². The molecule has 0 fully saturated rings. The van der Waals surface area contributed by atoms with Crippen molar-refractivity contribution in [2.24, 2.45) is 0 Å². The largest absolute Gasteiger partial charge is 0.477 e. The molecular formula is C19H36O4. The highest BCUT2D eigenvalue weighted by atomic mass is 16.5. The lowest BCUT2D eigenvalue weighted by Gasteiger charge is -2.18. The summed E-state index contributed by atoms with van der Waals surface area (Å²) in [5.41, 5.74) is -0.0342. The van der Waals surface area contributed by atoms with E-state index in [4.69, 9.17) is 5.11 Å². The Balaban J connectivity index is 3.34. The van der Waals surface area contributed by atoms with Gasteiger partial charge in [0, 0.05) is 0 Å². The molecule has 0 aromatic carbocycles. The Morgan fingerprint density at radius 2 is 1.13 bits per heavy atom. The van der Waals surface area contributed by atoms with Gasteiger partial charge in [0.25, 0.3) is 5.79 Å². The predicted molar refractivity (Wildman–Crippen MR) is 94.3 cm³/mol. The molecule has 0 aromatic heterocycles. The van der Waals surface area contributed by atoms with Crippen LogP contribution in [0.25, 0.3) is 0 Å². The summed E-state index contributed by atoms with van der Waals surface area (Å²) in [5, 5.41) is 27.3. The van der Waals surface area contributed by atoms with Crippen LogP contribution in [0.5, 0.6) is 0 Å². The molecule has 0 spiro atoms. The second-order valence-electron chi connectivity index (χ2n) is 6.57. The molecule has 4 heteroatoms. The minimum atomic E-state index is -2.78. The number of carboxylic acids is 1. The Bertz CT molecular complexity index is 323. The van der Waals surface area contributed by atoms with Crippen molar-refractivity contribution in [1.29, 1.82) is 0 Å². The molecule has 3 N–H and O–H groups in total. The number of hydrogen-bond donors (Lipinski definition) is 3. The van der Waals surface area contributed by atoms with Crippen LogP contribution < -0.4 is 0 Å². The van der Waals surface area contributed by atoms with Gasteiger partial charge in [-0.2, -0.15) is 0 Å². The number of carboxylic acid groups (broad SMARTS) is 1. The lowest BCUT2D eigenvalue weighted by Crippen LogP contribution is -2.39. The molecule has 0 aromatic rings. The SMILES string of the molecule is C=C(CCCCCCCCCCCCCCC)C(O)(O)C(=O)O. The lowest BCUT2D eigenvalue weighted by molar-refractivity contribution is -0.190. The maximum atomic E-state index is 10.6. The van der Waals surface area contributed by atoms with E-state index in [2.05, 4.69) is 13.5 Å². The van der Waals surface area contributed by atoms with E-state index in [9.17, 15) is 15.0 Å². The van der Waals surface area contributed by atoms with Gasteiger partial charge in [-0.1, -0.05) is 90.6 Å². The zero-order valence-electron chi connectivity index (χ0n) is 14.9. The molecule has 0 unspecified atom stereocenters. The first kappa shape index (κ1) is 22.1. The van der Waals surface area contributed by atoms with Crippen molar-refractivity contribution in [3.05, 3.63) is 12.2 Å². The van der Waals surface area contributed by atoms with E-state index in [1.807, 2.05) is 0 Å². The summed E-state index contributed by atoms with van der Waals surface area (Å²) >= 11 is 0. The summed E-state index contributed by atoms with van der Waals surface area (Å²) in [6.45, 7) is 5.70. The summed E-state index contributed by atoms with van der Waals surface area (Å²) in [6, 6.07) is 0. The number of aliphatic hydroxyl groups is 2. The second-order valence-corrected chi connectivity index (χ2v) is 6.57. The minimum Gasteiger partial charge on any atom is -0.477 e. The molecule has 0 aliphatic heterocycles. The minimum absolute atomic E-state index is 0.0342. The molecule has 0 atom stereocenters. The van der Waals surface area contributed by atoms with Gasteiger partial charge >= 0.3 is 5.97 Å². The van der Waals surface area contributed by atoms with E-state index >= 15 is 0 Å². The van der Waals surface area contributed by atoms with E-state index < -0.39 is 11.8 Å². The zero-order valence-corrected chi connectivity index (χ0v) is 14.9. The van der Waals surface area contributed by atoms with Crippen LogP contribution in [0.15, 0.2) is 12.2 Å². The highest BCUT2D eigenvalue weighted by Crippen LogP contribution is 2.20. The van der Waals surface area contributed by atoms with E-state index in [0.29, 0.717) is 6.42 Å². The normalized spacial score (nSPS) is 11.6. The maximum absolute atomic E-state index is 10.6. The third-order valence-corrected chi connectivity index (χ3v) is 4.37. The molecule has 0 amide bonds. The van der Waals surface area contributed by atoms with Crippen molar-refractivity contribution in [2.75, 3.05) is 0 Å². The van der Waals surface area contributed by atoms with Gasteiger partial charge in [0.1, 0.15) is 0 Å². The van der Waals surface area contributed by atoms with Crippen LogP contribution in [0.2, 0.25) is 0 Å². The van der Waals surface area contributed by atoms with Crippen LogP contribution in [0.3, 0.4) is 0 Å². The Kier molecular flexibility index (Phi) is 13.0. The van der Waals surface area contributed by atoms with Crippen LogP contribution >= 0.6 is 0 Å². The molecule has 4 nitrogen and oxygen atoms in total. The summed E-state index contributed by atoms with van der Waals surface area (Å²) in [5.74, 6) is -4.44. The topological polar surface area (TPSA) is 77.8 Å². The van der Waals surface area contributed by atoms with Gasteiger partial charge in [-0.15, -0.1) is 0 Å². The standard InChI is InChI=1S/C19H36O4/c1-3-4-5-6-7-8-9-10-11-12-13-14-15-16-17(2)19(22,23)18(20)21/h22-23H,2-16H2,1H3,(H,20,21). The van der Waals surface area contributed by atoms with Gasteiger partial charge < -0.3 is 15.3 Å². The first-order valence-corrected chi connectivity index (χ1v) is 9.29. The molecule has 23 heavy (non-hydrogen) atoms. The Morgan fingerprint density at radius 1 is 0.783 bits per heavy atom. The van der Waals surface area contributed by atoms with Crippen LogP contribution in [-0.2, 0) is 4.79 Å². The number of hydrogen-bond acceptors (Lipinski definition) is 3. The number of carbonyl (C=O) groups is 1. The first-order chi connectivity index (χ1) is 10.9. The average molecular weight is 328 g/mol. The summed E-state index contributed by atoms with van der Waals surface area (Å²) in [6.07, 6.45) is 16.4. The highest BCUT2D eigenvalue weighted by molar-refractivity contribution is 5.78. The van der Waals surface area contributed by atoms with Gasteiger partial charge in [-0.25, -0.2) is 4.79 Å². The summed E-state index contributed by atoms with van der Waals surface area (Å²) in [7, 11) is 0. The zero-order chi connectivity index (χ0) is 17.6. The average Bonchev–Trinajstić information content (AvgIpc) is 2.51. The number of unbranched alkanes of at least 4 members (excludes halogenated alkanes) is 12. The quantitative estimate of drug-likeness (QED) is 0.216. The molecule has 0 heterocycles. The van der Waals surface area contributed by atoms with Crippen molar-refractivity contribution >= 4 is 5.97 Å². The van der Waals surface area contributed by atoms with Crippen LogP contribution in [0.1, 0.15) is 96.8 Å². The molecule has 0 saturated carbocycles. The van der Waals surface area contributed by atoms with Crippen molar-refractivity contribution < 1.29 is 20.1 Å². The molecule has 0 rings (SSSR count). The summed E-state index contributed by atoms with van der Waals surface area (Å²) in [4.78, 5) is 10.6. The number of aliphatic carboxylic acids is 1. The fourth-order valence-corrected chi connectivity index (χ4v) is 2.68. The Labute approximate surface area is 141 Å².